The molecule has 2 N–H and O–H groups in total. The molecule has 1 aromatic heterocycles. The van der Waals surface area contributed by atoms with Crippen LogP contribution in [0.25, 0.3) is 22.0 Å². The summed E-state index contributed by atoms with van der Waals surface area (Å²) < 4.78 is 12.9. The fraction of sp³-hybridized carbons (Fsp3) is 0. The highest BCUT2D eigenvalue weighted by Crippen LogP contribution is 2.28. The quantitative estimate of drug-likeness (QED) is 0.710. The number of aromatic nitrogens is 2. The van der Waals surface area contributed by atoms with Crippen LogP contribution < -0.4 is 5.73 Å². The monoisotopic (exact) mass is 239 g/mol. The van der Waals surface area contributed by atoms with Crippen LogP contribution in [0.15, 0.2) is 48.5 Å². The molecule has 3 aromatic rings. The molecule has 0 radical (unpaired) electrons. The number of nitrogens with two attached hydrogens (primary N) is 1. The van der Waals surface area contributed by atoms with Crippen molar-refractivity contribution in [3.63, 3.8) is 0 Å². The molecule has 88 valence electrons. The Bertz CT molecular complexity index is 708. The lowest BCUT2D eigenvalue weighted by atomic mass is 10.0. The van der Waals surface area contributed by atoms with Gasteiger partial charge in [0.2, 0.25) is 0 Å². The Balaban J connectivity index is 2.30. The average Bonchev–Trinajstić information content (AvgIpc) is 2.41. The first-order valence-electron chi connectivity index (χ1n) is 5.52. The predicted molar refractivity (Wildman–Crippen MR) is 69.3 cm³/mol. The number of anilines is 1. The third kappa shape index (κ3) is 1.68. The van der Waals surface area contributed by atoms with Gasteiger partial charge >= 0.3 is 0 Å². The van der Waals surface area contributed by atoms with Crippen LogP contribution in [0.2, 0.25) is 0 Å². The Morgan fingerprint density at radius 2 is 1.50 bits per heavy atom. The number of nitrogens with zero attached hydrogens (tertiary/aromatic N) is 2. The molecule has 3 nitrogen and oxygen atoms in total. The summed E-state index contributed by atoms with van der Waals surface area (Å²) in [4.78, 5) is 0. The Labute approximate surface area is 103 Å². The molecule has 0 amide bonds. The van der Waals surface area contributed by atoms with Crippen molar-refractivity contribution in [2.24, 2.45) is 0 Å². The lowest BCUT2D eigenvalue weighted by molar-refractivity contribution is 0.628. The van der Waals surface area contributed by atoms with Crippen molar-refractivity contribution in [2.45, 2.75) is 0 Å². The fourth-order valence-corrected chi connectivity index (χ4v) is 1.95. The second-order valence-electron chi connectivity index (χ2n) is 3.99. The topological polar surface area (TPSA) is 51.8 Å². The van der Waals surface area contributed by atoms with Gasteiger partial charge in [-0.15, -0.1) is 10.2 Å². The van der Waals surface area contributed by atoms with Gasteiger partial charge in [-0.3, -0.25) is 0 Å². The molecule has 0 spiro atoms. The SMILES string of the molecule is Nc1nnc(-c2ccc(F)cc2)c2ccccc12. The molecule has 0 atom stereocenters. The minimum absolute atomic E-state index is 0.272. The van der Waals surface area contributed by atoms with Gasteiger partial charge in [-0.2, -0.15) is 0 Å². The van der Waals surface area contributed by atoms with Crippen LogP contribution in [0, 0.1) is 5.82 Å². The summed E-state index contributed by atoms with van der Waals surface area (Å²) in [6.07, 6.45) is 0. The molecule has 0 aliphatic carbocycles. The highest BCUT2D eigenvalue weighted by atomic mass is 19.1. The van der Waals surface area contributed by atoms with E-state index in [-0.39, 0.29) is 5.82 Å². The number of nitrogen functional groups attached to an aromatic ring is 1. The molecule has 0 fully saturated rings. The van der Waals surface area contributed by atoms with Crippen molar-refractivity contribution in [1.82, 2.24) is 10.2 Å². The third-order valence-electron chi connectivity index (χ3n) is 2.83. The first-order chi connectivity index (χ1) is 8.75. The highest BCUT2D eigenvalue weighted by Gasteiger charge is 2.08. The number of halogens is 1. The average molecular weight is 239 g/mol. The van der Waals surface area contributed by atoms with Gasteiger partial charge < -0.3 is 5.73 Å². The van der Waals surface area contributed by atoms with Gasteiger partial charge in [0.1, 0.15) is 11.5 Å². The molecule has 1 heterocycles. The standard InChI is InChI=1S/C14H10FN3/c15-10-7-5-9(6-8-10)13-11-3-1-2-4-12(11)14(16)18-17-13/h1-8H,(H2,16,18). The number of hydrogen-bond donors (Lipinski definition) is 1. The molecule has 0 saturated heterocycles. The van der Waals surface area contributed by atoms with Gasteiger partial charge in [-0.1, -0.05) is 24.3 Å². The van der Waals surface area contributed by atoms with E-state index in [0.717, 1.165) is 16.3 Å². The Hall–Kier alpha value is -2.49. The zero-order chi connectivity index (χ0) is 12.5. The first-order valence-corrected chi connectivity index (χ1v) is 5.52. The van der Waals surface area contributed by atoms with E-state index in [9.17, 15) is 4.39 Å². The molecule has 0 unspecified atom stereocenters. The summed E-state index contributed by atoms with van der Waals surface area (Å²) in [7, 11) is 0. The summed E-state index contributed by atoms with van der Waals surface area (Å²) in [5.41, 5.74) is 7.32. The van der Waals surface area contributed by atoms with Crippen molar-refractivity contribution in [2.75, 3.05) is 5.73 Å². The van der Waals surface area contributed by atoms with Crippen molar-refractivity contribution < 1.29 is 4.39 Å². The second kappa shape index (κ2) is 4.07. The van der Waals surface area contributed by atoms with Crippen molar-refractivity contribution in [3.05, 3.63) is 54.3 Å². The summed E-state index contributed by atoms with van der Waals surface area (Å²) >= 11 is 0. The molecule has 2 aromatic carbocycles. The lowest BCUT2D eigenvalue weighted by Crippen LogP contribution is -1.97. The van der Waals surface area contributed by atoms with Crippen LogP contribution in [0.1, 0.15) is 0 Å². The van der Waals surface area contributed by atoms with E-state index in [1.165, 1.54) is 12.1 Å². The number of benzene rings is 2. The highest BCUT2D eigenvalue weighted by molar-refractivity contribution is 5.99. The fourth-order valence-electron chi connectivity index (χ4n) is 1.95. The Morgan fingerprint density at radius 1 is 0.833 bits per heavy atom. The van der Waals surface area contributed by atoms with E-state index in [2.05, 4.69) is 10.2 Å². The van der Waals surface area contributed by atoms with Crippen molar-refractivity contribution >= 4 is 16.6 Å². The van der Waals surface area contributed by atoms with Crippen LogP contribution in [-0.2, 0) is 0 Å². The van der Waals surface area contributed by atoms with E-state index < -0.39 is 0 Å². The van der Waals surface area contributed by atoms with Crippen molar-refractivity contribution in [1.29, 1.82) is 0 Å². The smallest absolute Gasteiger partial charge is 0.154 e. The molecular weight excluding hydrogens is 229 g/mol. The van der Waals surface area contributed by atoms with Gasteiger partial charge in [0.25, 0.3) is 0 Å². The zero-order valence-electron chi connectivity index (χ0n) is 9.47. The molecule has 0 aliphatic heterocycles. The van der Waals surface area contributed by atoms with Gasteiger partial charge in [0, 0.05) is 16.3 Å². The van der Waals surface area contributed by atoms with E-state index in [1.54, 1.807) is 12.1 Å². The Kier molecular flexibility index (Phi) is 2.41. The van der Waals surface area contributed by atoms with Gasteiger partial charge in [-0.25, -0.2) is 4.39 Å². The lowest BCUT2D eigenvalue weighted by Gasteiger charge is -2.06. The van der Waals surface area contributed by atoms with E-state index in [4.69, 9.17) is 5.73 Å². The van der Waals surface area contributed by atoms with Gasteiger partial charge in [0.15, 0.2) is 5.82 Å². The van der Waals surface area contributed by atoms with Crippen LogP contribution in [0.4, 0.5) is 10.2 Å². The van der Waals surface area contributed by atoms with Crippen LogP contribution in [0.3, 0.4) is 0 Å². The molecule has 0 aliphatic rings. The number of hydrogen-bond acceptors (Lipinski definition) is 3. The maximum absolute atomic E-state index is 12.9. The summed E-state index contributed by atoms with van der Waals surface area (Å²) in [6.45, 7) is 0. The number of fused-ring (bicyclic) bond motifs is 1. The summed E-state index contributed by atoms with van der Waals surface area (Å²) in [6, 6.07) is 13.8. The van der Waals surface area contributed by atoms with Crippen LogP contribution in [-0.4, -0.2) is 10.2 Å². The normalized spacial score (nSPS) is 10.7. The predicted octanol–water partition coefficient (Wildman–Crippen LogP) is 3.02. The maximum Gasteiger partial charge on any atom is 0.154 e. The molecule has 3 rings (SSSR count). The Morgan fingerprint density at radius 3 is 2.22 bits per heavy atom. The maximum atomic E-state index is 12.9. The van der Waals surface area contributed by atoms with E-state index in [0.29, 0.717) is 11.5 Å². The molecule has 0 saturated carbocycles. The zero-order valence-corrected chi connectivity index (χ0v) is 9.47. The minimum atomic E-state index is -0.272. The first kappa shape index (κ1) is 10.7. The molecule has 4 heteroatoms. The van der Waals surface area contributed by atoms with Crippen LogP contribution >= 0.6 is 0 Å². The van der Waals surface area contributed by atoms with Gasteiger partial charge in [-0.05, 0) is 24.3 Å². The summed E-state index contributed by atoms with van der Waals surface area (Å²) in [5, 5.41) is 9.82. The van der Waals surface area contributed by atoms with Crippen molar-refractivity contribution in [3.8, 4) is 11.3 Å². The van der Waals surface area contributed by atoms with E-state index in [1.807, 2.05) is 24.3 Å². The summed E-state index contributed by atoms with van der Waals surface area (Å²) in [5.74, 6) is 0.128. The van der Waals surface area contributed by atoms with Gasteiger partial charge in [0.05, 0.1) is 0 Å². The second-order valence-corrected chi connectivity index (χ2v) is 3.99. The van der Waals surface area contributed by atoms with E-state index >= 15 is 0 Å². The van der Waals surface area contributed by atoms with Crippen LogP contribution in [0.5, 0.6) is 0 Å². The minimum Gasteiger partial charge on any atom is -0.382 e. The molecular formula is C14H10FN3. The molecule has 0 bridgehead atoms. The molecule has 18 heavy (non-hydrogen) atoms. The number of rotatable bonds is 1. The third-order valence-corrected chi connectivity index (χ3v) is 2.83. The largest absolute Gasteiger partial charge is 0.382 e.